The minimum atomic E-state index is -0.449. The Labute approximate surface area is 187 Å². The maximum absolute atomic E-state index is 13.1. The molecule has 0 radical (unpaired) electrons. The number of benzene rings is 1. The van der Waals surface area contributed by atoms with Crippen molar-refractivity contribution < 1.29 is 8.91 Å². The molecular weight excluding hydrogens is 423 g/mol. The zero-order valence-electron chi connectivity index (χ0n) is 18.1. The van der Waals surface area contributed by atoms with Crippen molar-refractivity contribution in [2.75, 3.05) is 5.32 Å². The van der Waals surface area contributed by atoms with E-state index in [9.17, 15) is 9.18 Å². The highest BCUT2D eigenvalue weighted by Crippen LogP contribution is 2.28. The Bertz CT molecular complexity index is 1560. The Morgan fingerprint density at radius 2 is 1.85 bits per heavy atom. The van der Waals surface area contributed by atoms with Gasteiger partial charge in [0, 0.05) is 35.6 Å². The van der Waals surface area contributed by atoms with E-state index in [-0.39, 0.29) is 17.4 Å². The van der Waals surface area contributed by atoms with Crippen LogP contribution in [0.25, 0.3) is 33.6 Å². The summed E-state index contributed by atoms with van der Waals surface area (Å²) in [6.45, 7) is 3.84. The van der Waals surface area contributed by atoms with Gasteiger partial charge < -0.3 is 14.4 Å². The van der Waals surface area contributed by atoms with Crippen LogP contribution < -0.4 is 10.9 Å². The third kappa shape index (κ3) is 3.84. The summed E-state index contributed by atoms with van der Waals surface area (Å²) in [5, 5.41) is 7.87. The van der Waals surface area contributed by atoms with E-state index in [4.69, 9.17) is 4.52 Å². The summed E-state index contributed by atoms with van der Waals surface area (Å²) in [5.74, 6) is -0.0670. The molecule has 8 nitrogen and oxygen atoms in total. The second kappa shape index (κ2) is 7.94. The minimum Gasteiger partial charge on any atom is -0.330 e. The normalized spacial score (nSPS) is 11.2. The molecule has 0 unspecified atom stereocenters. The summed E-state index contributed by atoms with van der Waals surface area (Å²) in [4.78, 5) is 25.7. The van der Waals surface area contributed by atoms with Crippen molar-refractivity contribution in [2.24, 2.45) is 7.05 Å². The average Bonchev–Trinajstić information content (AvgIpc) is 3.27. The van der Waals surface area contributed by atoms with Gasteiger partial charge in [0.25, 0.3) is 17.4 Å². The Balaban J connectivity index is 1.51. The number of halogens is 1. The predicted octanol–water partition coefficient (Wildman–Crippen LogP) is 4.55. The highest BCUT2D eigenvalue weighted by Gasteiger charge is 2.14. The SMILES string of the molecule is Cc1cc2c(cn1)cc(-c1cc(Nc3noc(-c4ccc(F)cn4)n3)ccc1C)c(=O)n2C. The number of nitrogens with one attached hydrogen (secondary N) is 1. The quantitative estimate of drug-likeness (QED) is 0.436. The smallest absolute Gasteiger partial charge is 0.278 e. The van der Waals surface area contributed by atoms with E-state index in [0.717, 1.165) is 33.9 Å². The van der Waals surface area contributed by atoms with Crippen LogP contribution in [0.2, 0.25) is 0 Å². The Kier molecular flexibility index (Phi) is 4.93. The van der Waals surface area contributed by atoms with Crippen molar-refractivity contribution >= 4 is 22.5 Å². The number of nitrogens with zero attached hydrogens (tertiary/aromatic N) is 5. The fraction of sp³-hybridized carbons (Fsp3) is 0.125. The fourth-order valence-corrected chi connectivity index (χ4v) is 3.66. The van der Waals surface area contributed by atoms with Crippen LogP contribution in [0.4, 0.5) is 16.0 Å². The molecule has 0 saturated carbocycles. The number of rotatable bonds is 4. The predicted molar refractivity (Wildman–Crippen MR) is 123 cm³/mol. The van der Waals surface area contributed by atoms with Crippen LogP contribution in [-0.2, 0) is 7.05 Å². The zero-order chi connectivity index (χ0) is 23.1. The Morgan fingerprint density at radius 1 is 1.00 bits per heavy atom. The van der Waals surface area contributed by atoms with Gasteiger partial charge >= 0.3 is 0 Å². The van der Waals surface area contributed by atoms with Gasteiger partial charge in [-0.3, -0.25) is 9.78 Å². The van der Waals surface area contributed by atoms with Crippen LogP contribution in [0.15, 0.2) is 64.2 Å². The van der Waals surface area contributed by atoms with Gasteiger partial charge in [-0.15, -0.1) is 0 Å². The first-order valence-electron chi connectivity index (χ1n) is 10.2. The molecule has 4 heterocycles. The second-order valence-electron chi connectivity index (χ2n) is 7.75. The number of hydrogen-bond acceptors (Lipinski definition) is 7. The van der Waals surface area contributed by atoms with E-state index in [1.165, 1.54) is 12.1 Å². The lowest BCUT2D eigenvalue weighted by molar-refractivity contribution is 0.431. The Hall–Kier alpha value is -4.40. The average molecular weight is 442 g/mol. The Morgan fingerprint density at radius 3 is 2.64 bits per heavy atom. The van der Waals surface area contributed by atoms with Gasteiger partial charge in [-0.05, 0) is 66.5 Å². The molecule has 0 bridgehead atoms. The van der Waals surface area contributed by atoms with Crippen molar-refractivity contribution in [1.29, 1.82) is 0 Å². The van der Waals surface area contributed by atoms with Crippen molar-refractivity contribution in [3.63, 3.8) is 0 Å². The first-order valence-corrected chi connectivity index (χ1v) is 10.2. The standard InChI is InChI=1S/C24H19FN6O2/c1-13-4-6-17(28-24-29-22(33-30-24)20-7-5-16(25)12-27-20)10-18(13)19-9-15-11-26-14(2)8-21(15)31(3)23(19)32/h4-12H,1-3H3,(H,28,30). The van der Waals surface area contributed by atoms with Crippen molar-refractivity contribution in [1.82, 2.24) is 24.7 Å². The number of anilines is 2. The lowest BCUT2D eigenvalue weighted by Gasteiger charge is -2.12. The van der Waals surface area contributed by atoms with Crippen molar-refractivity contribution in [3.05, 3.63) is 82.3 Å². The summed E-state index contributed by atoms with van der Waals surface area (Å²) in [7, 11) is 1.76. The van der Waals surface area contributed by atoms with Gasteiger partial charge in [0.15, 0.2) is 0 Å². The van der Waals surface area contributed by atoms with E-state index in [1.54, 1.807) is 17.8 Å². The molecule has 5 aromatic rings. The topological polar surface area (TPSA) is 98.7 Å². The lowest BCUT2D eigenvalue weighted by Crippen LogP contribution is -2.19. The summed E-state index contributed by atoms with van der Waals surface area (Å²) in [6.07, 6.45) is 2.86. The van der Waals surface area contributed by atoms with Crippen molar-refractivity contribution in [3.8, 4) is 22.7 Å². The number of aryl methyl sites for hydroxylation is 3. The number of fused-ring (bicyclic) bond motifs is 1. The maximum atomic E-state index is 13.1. The third-order valence-corrected chi connectivity index (χ3v) is 5.40. The van der Waals surface area contributed by atoms with Crippen LogP contribution in [0, 0.1) is 19.7 Å². The summed E-state index contributed by atoms with van der Waals surface area (Å²) in [6, 6.07) is 12.1. The molecule has 33 heavy (non-hydrogen) atoms. The molecular formula is C24H19FN6O2. The fourth-order valence-electron chi connectivity index (χ4n) is 3.66. The minimum absolute atomic E-state index is 0.0995. The van der Waals surface area contributed by atoms with Gasteiger partial charge in [0.2, 0.25) is 0 Å². The largest absolute Gasteiger partial charge is 0.330 e. The van der Waals surface area contributed by atoms with Crippen LogP contribution in [0.5, 0.6) is 0 Å². The molecule has 0 aliphatic heterocycles. The number of hydrogen-bond donors (Lipinski definition) is 1. The number of aromatic nitrogens is 5. The van der Waals surface area contributed by atoms with Gasteiger partial charge in [0.05, 0.1) is 11.7 Å². The zero-order valence-corrected chi connectivity index (χ0v) is 18.1. The van der Waals surface area contributed by atoms with E-state index >= 15 is 0 Å². The monoisotopic (exact) mass is 442 g/mol. The highest BCUT2D eigenvalue weighted by molar-refractivity contribution is 5.85. The lowest BCUT2D eigenvalue weighted by atomic mass is 9.99. The first-order chi connectivity index (χ1) is 15.9. The van der Waals surface area contributed by atoms with E-state index in [0.29, 0.717) is 16.9 Å². The maximum Gasteiger partial charge on any atom is 0.278 e. The summed E-state index contributed by atoms with van der Waals surface area (Å²) < 4.78 is 20.0. The molecule has 0 saturated heterocycles. The first kappa shape index (κ1) is 20.5. The molecule has 0 amide bonds. The van der Waals surface area contributed by atoms with Crippen LogP contribution in [-0.4, -0.2) is 24.7 Å². The summed E-state index contributed by atoms with van der Waals surface area (Å²) in [5.41, 5.74) is 4.93. The highest BCUT2D eigenvalue weighted by atomic mass is 19.1. The molecule has 9 heteroatoms. The molecule has 0 aliphatic rings. The van der Waals surface area contributed by atoms with Crippen molar-refractivity contribution in [2.45, 2.75) is 13.8 Å². The van der Waals surface area contributed by atoms with E-state index in [2.05, 4.69) is 25.4 Å². The second-order valence-corrected chi connectivity index (χ2v) is 7.75. The van der Waals surface area contributed by atoms with Crippen LogP contribution >= 0.6 is 0 Å². The van der Waals surface area contributed by atoms with Gasteiger partial charge in [-0.1, -0.05) is 6.07 Å². The molecule has 0 atom stereocenters. The van der Waals surface area contributed by atoms with E-state index < -0.39 is 5.82 Å². The third-order valence-electron chi connectivity index (χ3n) is 5.40. The molecule has 1 aromatic carbocycles. The van der Waals surface area contributed by atoms with Gasteiger partial charge in [-0.2, -0.15) is 4.98 Å². The molecule has 5 rings (SSSR count). The molecule has 0 aliphatic carbocycles. The van der Waals surface area contributed by atoms with Gasteiger partial charge in [0.1, 0.15) is 11.5 Å². The molecule has 0 spiro atoms. The molecule has 1 N–H and O–H groups in total. The molecule has 0 fully saturated rings. The van der Waals surface area contributed by atoms with Crippen LogP contribution in [0.1, 0.15) is 11.3 Å². The van der Waals surface area contributed by atoms with E-state index in [1.807, 2.05) is 44.2 Å². The summed E-state index contributed by atoms with van der Waals surface area (Å²) >= 11 is 0. The number of pyridine rings is 3. The van der Waals surface area contributed by atoms with Gasteiger partial charge in [-0.25, -0.2) is 9.37 Å². The molecule has 164 valence electrons. The molecule has 4 aromatic heterocycles. The van der Waals surface area contributed by atoms with Crippen LogP contribution in [0.3, 0.4) is 0 Å².